The number of phenols is 1. The highest BCUT2D eigenvalue weighted by molar-refractivity contribution is 5.85. The molecule has 2 unspecified atom stereocenters. The van der Waals surface area contributed by atoms with Gasteiger partial charge in [0.25, 0.3) is 0 Å². The van der Waals surface area contributed by atoms with Gasteiger partial charge in [-0.1, -0.05) is 0 Å². The molecule has 0 aliphatic carbocycles. The molecule has 1 amide bonds. The maximum atomic E-state index is 10.8. The van der Waals surface area contributed by atoms with Crippen molar-refractivity contribution in [1.82, 2.24) is 0 Å². The van der Waals surface area contributed by atoms with Gasteiger partial charge in [0.05, 0.1) is 19.6 Å². The molecule has 0 spiro atoms. The van der Waals surface area contributed by atoms with E-state index in [1.54, 1.807) is 0 Å². The number of carbonyl (C=O) groups is 2. The van der Waals surface area contributed by atoms with Crippen LogP contribution in [0.5, 0.6) is 11.5 Å². The number of aliphatic hydroxyl groups excluding tert-OH is 2. The van der Waals surface area contributed by atoms with Gasteiger partial charge in [0.1, 0.15) is 6.10 Å². The first-order valence-electron chi connectivity index (χ1n) is 6.22. The zero-order valence-corrected chi connectivity index (χ0v) is 11.8. The monoisotopic (exact) mass is 311 g/mol. The van der Waals surface area contributed by atoms with Crippen LogP contribution in [-0.4, -0.2) is 45.5 Å². The van der Waals surface area contributed by atoms with Crippen LogP contribution in [-0.2, 0) is 9.59 Å². The van der Waals surface area contributed by atoms with E-state index in [4.69, 9.17) is 15.6 Å². The molecular weight excluding hydrogens is 294 g/mol. The molecule has 0 aliphatic heterocycles. The summed E-state index contributed by atoms with van der Waals surface area (Å²) in [4.78, 5) is 21.3. The highest BCUT2D eigenvalue weighted by Crippen LogP contribution is 2.37. The van der Waals surface area contributed by atoms with Crippen molar-refractivity contribution >= 4 is 18.0 Å². The number of rotatable bonds is 7. The van der Waals surface area contributed by atoms with Crippen LogP contribution in [0.25, 0.3) is 6.08 Å². The number of carboxylic acid groups (broad SMARTS) is 1. The number of primary amides is 1. The van der Waals surface area contributed by atoms with Gasteiger partial charge in [-0.3, -0.25) is 4.79 Å². The van der Waals surface area contributed by atoms with Gasteiger partial charge in [0.2, 0.25) is 5.91 Å². The molecule has 0 heterocycles. The Morgan fingerprint density at radius 3 is 2.50 bits per heavy atom. The van der Waals surface area contributed by atoms with E-state index in [0.29, 0.717) is 5.56 Å². The summed E-state index contributed by atoms with van der Waals surface area (Å²) in [5.41, 5.74) is 5.14. The van der Waals surface area contributed by atoms with Gasteiger partial charge < -0.3 is 30.9 Å². The summed E-state index contributed by atoms with van der Waals surface area (Å²) in [6.07, 6.45) is -1.53. The van der Waals surface area contributed by atoms with Crippen molar-refractivity contribution < 1.29 is 34.8 Å². The molecule has 0 fully saturated rings. The molecule has 1 aromatic rings. The second kappa shape index (κ2) is 7.43. The van der Waals surface area contributed by atoms with E-state index in [1.807, 2.05) is 0 Å². The number of hydrogen-bond acceptors (Lipinski definition) is 6. The second-order valence-corrected chi connectivity index (χ2v) is 4.52. The number of carbonyl (C=O) groups excluding carboxylic acids is 1. The predicted molar refractivity (Wildman–Crippen MR) is 76.1 cm³/mol. The van der Waals surface area contributed by atoms with Crippen molar-refractivity contribution in [2.24, 2.45) is 5.73 Å². The van der Waals surface area contributed by atoms with E-state index in [9.17, 15) is 24.9 Å². The first-order valence-corrected chi connectivity index (χ1v) is 6.22. The van der Waals surface area contributed by atoms with Crippen molar-refractivity contribution in [3.05, 3.63) is 29.3 Å². The first-order chi connectivity index (χ1) is 10.3. The number of aromatic hydroxyl groups is 1. The Kier molecular flexibility index (Phi) is 5.90. The van der Waals surface area contributed by atoms with Crippen LogP contribution in [0.3, 0.4) is 0 Å². The van der Waals surface area contributed by atoms with Gasteiger partial charge in [-0.25, -0.2) is 4.79 Å². The molecule has 0 radical (unpaired) electrons. The van der Waals surface area contributed by atoms with E-state index in [-0.39, 0.29) is 11.3 Å². The van der Waals surface area contributed by atoms with Gasteiger partial charge in [-0.2, -0.15) is 0 Å². The third-order valence-corrected chi connectivity index (χ3v) is 2.86. The molecule has 2 atom stereocenters. The third kappa shape index (κ3) is 4.47. The number of aliphatic carboxylic acids is 1. The Bertz CT molecular complexity index is 597. The lowest BCUT2D eigenvalue weighted by Gasteiger charge is -2.19. The number of aliphatic hydroxyl groups is 2. The average Bonchev–Trinajstić information content (AvgIpc) is 2.44. The van der Waals surface area contributed by atoms with Crippen molar-refractivity contribution in [3.63, 3.8) is 0 Å². The number of carboxylic acids is 1. The lowest BCUT2D eigenvalue weighted by Crippen LogP contribution is -2.25. The Labute approximate surface area is 126 Å². The number of phenolic OH excluding ortho intramolecular Hbond substituents is 1. The largest absolute Gasteiger partial charge is 0.504 e. The summed E-state index contributed by atoms with van der Waals surface area (Å²) in [7, 11) is 1.27. The van der Waals surface area contributed by atoms with Crippen molar-refractivity contribution in [2.45, 2.75) is 18.6 Å². The summed E-state index contributed by atoms with van der Waals surface area (Å²) in [6, 6.07) is 2.62. The average molecular weight is 311 g/mol. The Balaban J connectivity index is 3.24. The zero-order valence-electron chi connectivity index (χ0n) is 11.8. The molecule has 1 aromatic carbocycles. The minimum atomic E-state index is -1.60. The molecule has 8 nitrogen and oxygen atoms in total. The van der Waals surface area contributed by atoms with Crippen LogP contribution in [0, 0.1) is 0 Å². The maximum absolute atomic E-state index is 10.8. The van der Waals surface area contributed by atoms with Gasteiger partial charge in [-0.15, -0.1) is 0 Å². The molecule has 0 aliphatic rings. The molecule has 120 valence electrons. The van der Waals surface area contributed by atoms with Crippen LogP contribution in [0.1, 0.15) is 23.7 Å². The van der Waals surface area contributed by atoms with Crippen molar-refractivity contribution in [2.75, 3.05) is 7.11 Å². The molecule has 0 saturated carbocycles. The van der Waals surface area contributed by atoms with Crippen LogP contribution in [0.2, 0.25) is 0 Å². The van der Waals surface area contributed by atoms with Crippen LogP contribution < -0.4 is 10.5 Å². The van der Waals surface area contributed by atoms with E-state index in [2.05, 4.69) is 0 Å². The smallest absolute Gasteiger partial charge is 0.328 e. The Hall–Kier alpha value is -2.58. The van der Waals surface area contributed by atoms with Crippen molar-refractivity contribution in [3.8, 4) is 11.5 Å². The van der Waals surface area contributed by atoms with Gasteiger partial charge in [0, 0.05) is 11.6 Å². The fraction of sp³-hybridized carbons (Fsp3) is 0.286. The van der Waals surface area contributed by atoms with Crippen molar-refractivity contribution in [1.29, 1.82) is 0 Å². The second-order valence-electron chi connectivity index (χ2n) is 4.52. The van der Waals surface area contributed by atoms with Gasteiger partial charge in [-0.05, 0) is 23.8 Å². The standard InChI is InChI=1S/C14H17NO7/c1-22-10-5-7(2-3-12(18)19)4-8(14(10)21)13(20)9(16)6-11(15)17/h2-5,9,13,16,20-21H,6H2,1H3,(H2,15,17)(H,18,19). The SMILES string of the molecule is COc1cc(C=CC(=O)O)cc(C(O)C(O)CC(N)=O)c1O. The lowest BCUT2D eigenvalue weighted by atomic mass is 9.98. The van der Waals surface area contributed by atoms with Gasteiger partial charge in [0.15, 0.2) is 11.5 Å². The predicted octanol–water partition coefficient (Wildman–Crippen LogP) is -0.232. The fourth-order valence-corrected chi connectivity index (χ4v) is 1.82. The summed E-state index contributed by atoms with van der Waals surface area (Å²) < 4.78 is 4.93. The molecule has 8 heteroatoms. The zero-order chi connectivity index (χ0) is 16.9. The van der Waals surface area contributed by atoms with Crippen LogP contribution >= 0.6 is 0 Å². The molecular formula is C14H17NO7. The van der Waals surface area contributed by atoms with E-state index < -0.39 is 36.3 Å². The van der Waals surface area contributed by atoms with Gasteiger partial charge >= 0.3 is 5.97 Å². The topological polar surface area (TPSA) is 150 Å². The van der Waals surface area contributed by atoms with E-state index in [1.165, 1.54) is 25.3 Å². The number of methoxy groups -OCH3 is 1. The molecule has 0 aromatic heterocycles. The normalized spacial score (nSPS) is 13.8. The molecule has 6 N–H and O–H groups in total. The number of nitrogens with two attached hydrogens (primary N) is 1. The molecule has 22 heavy (non-hydrogen) atoms. The molecule has 0 saturated heterocycles. The summed E-state index contributed by atoms with van der Waals surface area (Å²) in [5.74, 6) is -2.44. The summed E-state index contributed by atoms with van der Waals surface area (Å²) in [6.45, 7) is 0. The number of ether oxygens (including phenoxy) is 1. The van der Waals surface area contributed by atoms with E-state index >= 15 is 0 Å². The number of hydrogen-bond donors (Lipinski definition) is 5. The highest BCUT2D eigenvalue weighted by Gasteiger charge is 2.25. The van der Waals surface area contributed by atoms with E-state index in [0.717, 1.165) is 6.08 Å². The lowest BCUT2D eigenvalue weighted by molar-refractivity contribution is -0.131. The molecule has 0 bridgehead atoms. The number of amides is 1. The van der Waals surface area contributed by atoms with Crippen LogP contribution in [0.15, 0.2) is 18.2 Å². The third-order valence-electron chi connectivity index (χ3n) is 2.86. The van der Waals surface area contributed by atoms with Crippen LogP contribution in [0.4, 0.5) is 0 Å². The first kappa shape index (κ1) is 17.5. The maximum Gasteiger partial charge on any atom is 0.328 e. The fourth-order valence-electron chi connectivity index (χ4n) is 1.82. The summed E-state index contributed by atoms with van der Waals surface area (Å²) in [5, 5.41) is 38.4. The Morgan fingerprint density at radius 1 is 1.36 bits per heavy atom. The quantitative estimate of drug-likeness (QED) is 0.436. The minimum absolute atomic E-state index is 0.0205. The summed E-state index contributed by atoms with van der Waals surface area (Å²) >= 11 is 0. The molecule has 1 rings (SSSR count). The Morgan fingerprint density at radius 2 is 2.00 bits per heavy atom. The minimum Gasteiger partial charge on any atom is -0.504 e. The number of benzene rings is 1. The highest BCUT2D eigenvalue weighted by atomic mass is 16.5.